The number of alkyl halides is 1. The number of carbonyl (C=O) groups is 1. The summed E-state index contributed by atoms with van der Waals surface area (Å²) in [7, 11) is 3.12. The molecule has 1 fully saturated rings. The van der Waals surface area contributed by atoms with E-state index in [1.165, 1.54) is 0 Å². The third-order valence-electron chi connectivity index (χ3n) is 4.01. The van der Waals surface area contributed by atoms with Crippen LogP contribution in [0.25, 0.3) is 0 Å². The molecule has 2 N–H and O–H groups in total. The second-order valence-electron chi connectivity index (χ2n) is 5.48. The smallest absolute Gasteiger partial charge is 0.224 e. The van der Waals surface area contributed by atoms with Crippen molar-refractivity contribution in [2.24, 2.45) is 5.73 Å². The summed E-state index contributed by atoms with van der Waals surface area (Å²) in [5, 5.41) is 0. The fourth-order valence-electron chi connectivity index (χ4n) is 2.62. The fraction of sp³-hybridized carbons (Fsp3) is 0.562. The minimum Gasteiger partial charge on any atom is -0.493 e. The Kier molecular flexibility index (Phi) is 5.60. The van der Waals surface area contributed by atoms with Crippen LogP contribution in [-0.2, 0) is 4.79 Å². The van der Waals surface area contributed by atoms with Gasteiger partial charge in [0.2, 0.25) is 5.91 Å². The number of piperidine rings is 1. The molecule has 22 heavy (non-hydrogen) atoms. The van der Waals surface area contributed by atoms with Crippen LogP contribution in [-0.4, -0.2) is 44.3 Å². The first kappa shape index (κ1) is 16.5. The van der Waals surface area contributed by atoms with Crippen LogP contribution in [0.1, 0.15) is 30.9 Å². The third kappa shape index (κ3) is 3.88. The molecule has 0 unspecified atom stereocenters. The van der Waals surface area contributed by atoms with Crippen LogP contribution in [0.5, 0.6) is 11.5 Å². The predicted octanol–water partition coefficient (Wildman–Crippen LogP) is 2.05. The molecule has 0 radical (unpaired) electrons. The molecular weight excluding hydrogens is 287 g/mol. The zero-order valence-electron chi connectivity index (χ0n) is 13.0. The van der Waals surface area contributed by atoms with Crippen LogP contribution in [0.15, 0.2) is 18.2 Å². The van der Waals surface area contributed by atoms with E-state index in [4.69, 9.17) is 15.2 Å². The van der Waals surface area contributed by atoms with Gasteiger partial charge in [-0.05, 0) is 30.5 Å². The first-order valence-electron chi connectivity index (χ1n) is 7.44. The highest BCUT2D eigenvalue weighted by Crippen LogP contribution is 2.30. The Balaban J connectivity index is 1.99. The molecule has 6 heteroatoms. The van der Waals surface area contributed by atoms with Crippen LogP contribution in [0.4, 0.5) is 4.39 Å². The van der Waals surface area contributed by atoms with E-state index in [0.29, 0.717) is 37.4 Å². The molecule has 0 bridgehead atoms. The number of hydrogen-bond donors (Lipinski definition) is 1. The zero-order chi connectivity index (χ0) is 16.1. The van der Waals surface area contributed by atoms with Gasteiger partial charge in [0.25, 0.3) is 0 Å². The first-order valence-corrected chi connectivity index (χ1v) is 7.44. The summed E-state index contributed by atoms with van der Waals surface area (Å²) in [4.78, 5) is 13.9. The Morgan fingerprint density at radius 3 is 2.55 bits per heavy atom. The summed E-state index contributed by atoms with van der Waals surface area (Å²) in [6, 6.07) is 4.96. The summed E-state index contributed by atoms with van der Waals surface area (Å²) in [5.74, 6) is 1.17. The maximum atomic E-state index is 13.1. The lowest BCUT2D eigenvalue weighted by Gasteiger charge is -2.29. The van der Waals surface area contributed by atoms with E-state index >= 15 is 0 Å². The normalized spacial score (nSPS) is 17.2. The number of likely N-dealkylation sites (tertiary alicyclic amines) is 1. The number of nitrogens with zero attached hydrogens (tertiary/aromatic N) is 1. The number of hydrogen-bond acceptors (Lipinski definition) is 4. The number of rotatable bonds is 5. The average Bonchev–Trinajstić information content (AvgIpc) is 2.54. The van der Waals surface area contributed by atoms with Gasteiger partial charge in [0.15, 0.2) is 11.5 Å². The van der Waals surface area contributed by atoms with Gasteiger partial charge in [-0.15, -0.1) is 0 Å². The molecule has 1 aliphatic heterocycles. The van der Waals surface area contributed by atoms with Crippen LogP contribution in [0, 0.1) is 0 Å². The maximum Gasteiger partial charge on any atom is 0.224 e. The molecular formula is C16H23FN2O3. The van der Waals surface area contributed by atoms with Crippen molar-refractivity contribution < 1.29 is 18.7 Å². The van der Waals surface area contributed by atoms with E-state index < -0.39 is 12.2 Å². The molecule has 1 aromatic carbocycles. The van der Waals surface area contributed by atoms with Gasteiger partial charge in [0, 0.05) is 25.6 Å². The molecule has 2 rings (SSSR count). The van der Waals surface area contributed by atoms with Crippen molar-refractivity contribution in [1.29, 1.82) is 0 Å². The molecule has 1 atom stereocenters. The van der Waals surface area contributed by atoms with Crippen LogP contribution >= 0.6 is 0 Å². The molecule has 0 aromatic heterocycles. The second kappa shape index (κ2) is 7.45. The van der Waals surface area contributed by atoms with E-state index in [-0.39, 0.29) is 12.3 Å². The van der Waals surface area contributed by atoms with E-state index in [1.807, 2.05) is 6.07 Å². The highest BCUT2D eigenvalue weighted by molar-refractivity contribution is 5.77. The number of nitrogens with two attached hydrogens (primary N) is 1. The summed E-state index contributed by atoms with van der Waals surface area (Å²) < 4.78 is 23.5. The number of carbonyl (C=O) groups excluding carboxylic acids is 1. The summed E-state index contributed by atoms with van der Waals surface area (Å²) >= 11 is 0. The molecule has 0 aliphatic carbocycles. The monoisotopic (exact) mass is 310 g/mol. The van der Waals surface area contributed by atoms with Gasteiger partial charge >= 0.3 is 0 Å². The van der Waals surface area contributed by atoms with Crippen molar-refractivity contribution in [2.75, 3.05) is 27.3 Å². The van der Waals surface area contributed by atoms with Gasteiger partial charge in [0.05, 0.1) is 14.2 Å². The number of halogens is 1. The molecule has 1 amide bonds. The molecule has 0 saturated carbocycles. The Morgan fingerprint density at radius 2 is 1.95 bits per heavy atom. The minimum absolute atomic E-state index is 0.0332. The van der Waals surface area contributed by atoms with Gasteiger partial charge in [-0.1, -0.05) is 6.07 Å². The quantitative estimate of drug-likeness (QED) is 0.904. The predicted molar refractivity (Wildman–Crippen MR) is 81.8 cm³/mol. The van der Waals surface area contributed by atoms with Crippen LogP contribution in [0.2, 0.25) is 0 Å². The molecule has 1 aromatic rings. The molecule has 0 spiro atoms. The van der Waals surface area contributed by atoms with Crippen molar-refractivity contribution in [1.82, 2.24) is 4.90 Å². The summed E-state index contributed by atoms with van der Waals surface area (Å²) in [5.41, 5.74) is 6.94. The van der Waals surface area contributed by atoms with Gasteiger partial charge in [-0.25, -0.2) is 4.39 Å². The Bertz CT molecular complexity index is 516. The molecule has 122 valence electrons. The van der Waals surface area contributed by atoms with Crippen LogP contribution < -0.4 is 15.2 Å². The molecule has 5 nitrogen and oxygen atoms in total. The standard InChI is InChI=1S/C16H23FN2O3/c1-21-14-4-3-11(9-15(14)22-2)13(18)10-16(20)19-7-5-12(17)6-8-19/h3-4,9,12-13H,5-8,10,18H2,1-2H3/t13-/m1/s1. The van der Waals surface area contributed by atoms with E-state index in [0.717, 1.165) is 5.56 Å². The number of ether oxygens (including phenoxy) is 2. The number of benzene rings is 1. The van der Waals surface area contributed by atoms with Gasteiger partial charge in [-0.2, -0.15) is 0 Å². The zero-order valence-corrected chi connectivity index (χ0v) is 13.0. The lowest BCUT2D eigenvalue weighted by molar-refractivity contribution is -0.133. The van der Waals surface area contributed by atoms with Gasteiger partial charge in [-0.3, -0.25) is 4.79 Å². The van der Waals surface area contributed by atoms with E-state index in [2.05, 4.69) is 0 Å². The van der Waals surface area contributed by atoms with Crippen molar-refractivity contribution in [2.45, 2.75) is 31.5 Å². The fourth-order valence-corrected chi connectivity index (χ4v) is 2.62. The Labute approximate surface area is 130 Å². The largest absolute Gasteiger partial charge is 0.493 e. The van der Waals surface area contributed by atoms with Crippen LogP contribution in [0.3, 0.4) is 0 Å². The van der Waals surface area contributed by atoms with E-state index in [9.17, 15) is 9.18 Å². The highest BCUT2D eigenvalue weighted by Gasteiger charge is 2.24. The maximum absolute atomic E-state index is 13.1. The van der Waals surface area contributed by atoms with Crippen molar-refractivity contribution in [3.05, 3.63) is 23.8 Å². The second-order valence-corrected chi connectivity index (χ2v) is 5.48. The summed E-state index contributed by atoms with van der Waals surface area (Å²) in [6.07, 6.45) is 0.241. The van der Waals surface area contributed by atoms with Gasteiger partial charge < -0.3 is 20.1 Å². The average molecular weight is 310 g/mol. The van der Waals surface area contributed by atoms with Crippen molar-refractivity contribution >= 4 is 5.91 Å². The molecule has 1 aliphatic rings. The Morgan fingerprint density at radius 1 is 1.32 bits per heavy atom. The topological polar surface area (TPSA) is 64.8 Å². The number of amides is 1. The number of methoxy groups -OCH3 is 2. The SMILES string of the molecule is COc1ccc([C@H](N)CC(=O)N2CCC(F)CC2)cc1OC. The summed E-state index contributed by atoms with van der Waals surface area (Å²) in [6.45, 7) is 0.942. The molecule has 1 heterocycles. The Hall–Kier alpha value is -1.82. The first-order chi connectivity index (χ1) is 10.5. The van der Waals surface area contributed by atoms with Crippen molar-refractivity contribution in [3.63, 3.8) is 0 Å². The van der Waals surface area contributed by atoms with E-state index in [1.54, 1.807) is 31.3 Å². The minimum atomic E-state index is -0.788. The molecule has 1 saturated heterocycles. The third-order valence-corrected chi connectivity index (χ3v) is 4.01. The highest BCUT2D eigenvalue weighted by atomic mass is 19.1. The lowest BCUT2D eigenvalue weighted by atomic mass is 10.0. The van der Waals surface area contributed by atoms with Crippen molar-refractivity contribution in [3.8, 4) is 11.5 Å². The lowest BCUT2D eigenvalue weighted by Crippen LogP contribution is -2.40. The van der Waals surface area contributed by atoms with Gasteiger partial charge in [0.1, 0.15) is 6.17 Å².